The van der Waals surface area contributed by atoms with Crippen molar-refractivity contribution < 1.29 is 9.90 Å². The van der Waals surface area contributed by atoms with E-state index in [4.69, 9.17) is 0 Å². The number of aliphatic hydroxyl groups is 1. The summed E-state index contributed by atoms with van der Waals surface area (Å²) in [6, 6.07) is 0. The first-order chi connectivity index (χ1) is 10.4. The van der Waals surface area contributed by atoms with Crippen LogP contribution in [-0.2, 0) is 4.79 Å². The molecule has 0 saturated heterocycles. The van der Waals surface area contributed by atoms with Crippen molar-refractivity contribution in [1.82, 2.24) is 0 Å². The Kier molecular flexibility index (Phi) is 3.59. The zero-order valence-electron chi connectivity index (χ0n) is 13.9. The lowest BCUT2D eigenvalue weighted by molar-refractivity contribution is -0.163. The number of alkyl halides is 1. The topological polar surface area (TPSA) is 37.3 Å². The molecule has 0 radical (unpaired) electrons. The normalized spacial score (nSPS) is 57.9. The largest absolute Gasteiger partial charge is 0.393 e. The lowest BCUT2D eigenvalue weighted by Crippen LogP contribution is -2.57. The maximum atomic E-state index is 12.7. The lowest BCUT2D eigenvalue weighted by Gasteiger charge is -2.60. The van der Waals surface area contributed by atoms with Crippen LogP contribution in [0.1, 0.15) is 65.2 Å². The van der Waals surface area contributed by atoms with E-state index in [1.807, 2.05) is 0 Å². The van der Waals surface area contributed by atoms with E-state index in [0.29, 0.717) is 29.5 Å². The van der Waals surface area contributed by atoms with Gasteiger partial charge in [0.25, 0.3) is 0 Å². The molecule has 22 heavy (non-hydrogen) atoms. The van der Waals surface area contributed by atoms with Gasteiger partial charge in [0, 0.05) is 5.41 Å². The molecule has 4 aliphatic carbocycles. The second kappa shape index (κ2) is 5.05. The standard InChI is InChI=1S/C19H29BrO2/c1-18-9-8-13-12(14(18)10-15(20)17(18)22)7-6-11-4-3-5-16(21)19(11,13)2/h11-16,21H,3-10H2,1-2H3/t11?,12-,13+,14+,15-,16?,18+,19+/m1/s1. The molecule has 2 nitrogen and oxygen atoms in total. The number of fused-ring (bicyclic) bond motifs is 5. The number of ketones is 1. The van der Waals surface area contributed by atoms with Gasteiger partial charge in [-0.25, -0.2) is 0 Å². The number of hydrogen-bond donors (Lipinski definition) is 1. The molecule has 4 rings (SSSR count). The number of hydrogen-bond acceptors (Lipinski definition) is 2. The molecule has 3 heteroatoms. The summed E-state index contributed by atoms with van der Waals surface area (Å²) in [7, 11) is 0. The summed E-state index contributed by atoms with van der Waals surface area (Å²) in [5, 5.41) is 10.8. The summed E-state index contributed by atoms with van der Waals surface area (Å²) in [5.41, 5.74) is 0.00803. The van der Waals surface area contributed by atoms with E-state index in [9.17, 15) is 9.90 Å². The molecule has 1 N–H and O–H groups in total. The van der Waals surface area contributed by atoms with Gasteiger partial charge in [0.15, 0.2) is 5.78 Å². The van der Waals surface area contributed by atoms with Crippen LogP contribution < -0.4 is 0 Å². The van der Waals surface area contributed by atoms with Crippen molar-refractivity contribution in [2.24, 2.45) is 34.5 Å². The Balaban J connectivity index is 1.69. The number of Topliss-reactive ketones (excluding diaryl/α,β-unsaturated/α-hetero) is 1. The SMILES string of the molecule is C[C@]12C(O)CCCC1CC[C@@H]1[C@@H]2CC[C@]2(C)C(=O)[C@H](Br)C[C@@H]12. The van der Waals surface area contributed by atoms with Crippen molar-refractivity contribution in [3.05, 3.63) is 0 Å². The van der Waals surface area contributed by atoms with Gasteiger partial charge in [-0.15, -0.1) is 0 Å². The molecular formula is C19H29BrO2. The number of aliphatic hydroxyl groups excluding tert-OH is 1. The Morgan fingerprint density at radius 3 is 2.64 bits per heavy atom. The molecule has 4 fully saturated rings. The molecule has 2 unspecified atom stereocenters. The Bertz CT molecular complexity index is 492. The van der Waals surface area contributed by atoms with E-state index in [0.717, 1.165) is 25.7 Å². The molecule has 124 valence electrons. The molecule has 4 saturated carbocycles. The summed E-state index contributed by atoms with van der Waals surface area (Å²) < 4.78 is 0. The maximum Gasteiger partial charge on any atom is 0.152 e. The van der Waals surface area contributed by atoms with Crippen LogP contribution in [0.15, 0.2) is 0 Å². The molecule has 0 aromatic rings. The number of halogens is 1. The van der Waals surface area contributed by atoms with Crippen LogP contribution in [0.4, 0.5) is 0 Å². The van der Waals surface area contributed by atoms with Gasteiger partial charge in [-0.05, 0) is 74.0 Å². The predicted molar refractivity (Wildman–Crippen MR) is 90.8 cm³/mol. The minimum absolute atomic E-state index is 0.0723. The van der Waals surface area contributed by atoms with E-state index in [1.54, 1.807) is 0 Å². The van der Waals surface area contributed by atoms with Crippen molar-refractivity contribution in [3.8, 4) is 0 Å². The number of carbonyl (C=O) groups is 1. The molecule has 0 spiro atoms. The second-order valence-corrected chi connectivity index (χ2v) is 10.1. The quantitative estimate of drug-likeness (QED) is 0.646. The third-order valence-electron chi connectivity index (χ3n) is 8.41. The average Bonchev–Trinajstić information content (AvgIpc) is 2.72. The zero-order valence-corrected chi connectivity index (χ0v) is 15.4. The molecule has 0 aliphatic heterocycles. The van der Waals surface area contributed by atoms with E-state index in [2.05, 4.69) is 29.8 Å². The molecule has 0 amide bonds. The van der Waals surface area contributed by atoms with Gasteiger partial charge in [0.05, 0.1) is 10.9 Å². The summed E-state index contributed by atoms with van der Waals surface area (Å²) in [6.07, 6.45) is 9.11. The summed E-state index contributed by atoms with van der Waals surface area (Å²) in [4.78, 5) is 12.7. The highest BCUT2D eigenvalue weighted by molar-refractivity contribution is 9.10. The smallest absolute Gasteiger partial charge is 0.152 e. The van der Waals surface area contributed by atoms with Crippen molar-refractivity contribution in [2.75, 3.05) is 0 Å². The molecule has 8 atom stereocenters. The van der Waals surface area contributed by atoms with E-state index >= 15 is 0 Å². The van der Waals surface area contributed by atoms with Crippen LogP contribution in [0, 0.1) is 34.5 Å². The minimum Gasteiger partial charge on any atom is -0.393 e. The Labute approximate surface area is 142 Å². The van der Waals surface area contributed by atoms with E-state index in [-0.39, 0.29) is 21.8 Å². The van der Waals surface area contributed by atoms with Crippen LogP contribution in [-0.4, -0.2) is 21.8 Å². The molecule has 0 aromatic heterocycles. The van der Waals surface area contributed by atoms with Crippen LogP contribution >= 0.6 is 15.9 Å². The summed E-state index contributed by atoms with van der Waals surface area (Å²) >= 11 is 3.64. The summed E-state index contributed by atoms with van der Waals surface area (Å²) in [6.45, 7) is 4.60. The van der Waals surface area contributed by atoms with Gasteiger partial charge < -0.3 is 5.11 Å². The number of carbonyl (C=O) groups excluding carboxylic acids is 1. The fourth-order valence-corrected chi connectivity index (χ4v) is 7.99. The van der Waals surface area contributed by atoms with Gasteiger partial charge in [-0.2, -0.15) is 0 Å². The molecule has 4 aliphatic rings. The van der Waals surface area contributed by atoms with Crippen LogP contribution in [0.5, 0.6) is 0 Å². The molecule has 0 aromatic carbocycles. The highest BCUT2D eigenvalue weighted by Crippen LogP contribution is 2.65. The molecular weight excluding hydrogens is 340 g/mol. The first-order valence-corrected chi connectivity index (χ1v) is 10.2. The van der Waals surface area contributed by atoms with Crippen molar-refractivity contribution >= 4 is 21.7 Å². The third kappa shape index (κ3) is 1.84. The van der Waals surface area contributed by atoms with Crippen LogP contribution in [0.3, 0.4) is 0 Å². The fraction of sp³-hybridized carbons (Fsp3) is 0.947. The lowest BCUT2D eigenvalue weighted by atomic mass is 9.44. The Morgan fingerprint density at radius 1 is 1.09 bits per heavy atom. The summed E-state index contributed by atoms with van der Waals surface area (Å²) in [5.74, 6) is 2.98. The first kappa shape index (κ1) is 15.6. The Morgan fingerprint density at radius 2 is 1.86 bits per heavy atom. The van der Waals surface area contributed by atoms with Gasteiger partial charge in [0.1, 0.15) is 0 Å². The van der Waals surface area contributed by atoms with Crippen molar-refractivity contribution in [1.29, 1.82) is 0 Å². The monoisotopic (exact) mass is 368 g/mol. The highest BCUT2D eigenvalue weighted by atomic mass is 79.9. The Hall–Kier alpha value is 0.110. The second-order valence-electron chi connectivity index (χ2n) is 8.99. The maximum absolute atomic E-state index is 12.7. The molecule has 0 bridgehead atoms. The zero-order chi connectivity index (χ0) is 15.7. The van der Waals surface area contributed by atoms with Crippen molar-refractivity contribution in [2.45, 2.75) is 76.1 Å². The van der Waals surface area contributed by atoms with Crippen LogP contribution in [0.25, 0.3) is 0 Å². The van der Waals surface area contributed by atoms with Gasteiger partial charge in [0.2, 0.25) is 0 Å². The first-order valence-electron chi connectivity index (χ1n) is 9.25. The predicted octanol–water partition coefficient (Wildman–Crippen LogP) is 4.33. The third-order valence-corrected chi connectivity index (χ3v) is 9.20. The van der Waals surface area contributed by atoms with Gasteiger partial charge in [-0.1, -0.05) is 36.2 Å². The van der Waals surface area contributed by atoms with Gasteiger partial charge >= 0.3 is 0 Å². The molecule has 0 heterocycles. The fourth-order valence-electron chi connectivity index (χ4n) is 7.06. The van der Waals surface area contributed by atoms with Crippen molar-refractivity contribution in [3.63, 3.8) is 0 Å². The number of rotatable bonds is 0. The minimum atomic E-state index is -0.125. The van der Waals surface area contributed by atoms with Crippen LogP contribution in [0.2, 0.25) is 0 Å². The van der Waals surface area contributed by atoms with E-state index in [1.165, 1.54) is 25.7 Å². The highest BCUT2D eigenvalue weighted by Gasteiger charge is 2.63. The van der Waals surface area contributed by atoms with E-state index < -0.39 is 0 Å². The van der Waals surface area contributed by atoms with Gasteiger partial charge in [-0.3, -0.25) is 4.79 Å². The average molecular weight is 369 g/mol.